The second-order valence-corrected chi connectivity index (χ2v) is 6.47. The lowest BCUT2D eigenvalue weighted by molar-refractivity contribution is 0.391. The minimum Gasteiger partial charge on any atom is -0.361 e. The quantitative estimate of drug-likeness (QED) is 0.384. The number of rotatable bonds is 5. The molecule has 1 aromatic heterocycles. The van der Waals surface area contributed by atoms with Gasteiger partial charge in [0, 0.05) is 25.1 Å². The summed E-state index contributed by atoms with van der Waals surface area (Å²) in [5.74, 6) is 1.56. The molecule has 0 spiro atoms. The van der Waals surface area contributed by atoms with Crippen molar-refractivity contribution in [3.8, 4) is 0 Å². The summed E-state index contributed by atoms with van der Waals surface area (Å²) in [5.41, 5.74) is 3.56. The molecule has 0 saturated carbocycles. The monoisotopic (exact) mass is 474 g/mol. The molecule has 0 aliphatic heterocycles. The fourth-order valence-electron chi connectivity index (χ4n) is 2.91. The number of hydrogen-bond donors (Lipinski definition) is 2. The van der Waals surface area contributed by atoms with Crippen molar-refractivity contribution in [2.45, 2.75) is 46.6 Å². The van der Waals surface area contributed by atoms with E-state index in [0.29, 0.717) is 18.1 Å². The van der Waals surface area contributed by atoms with Gasteiger partial charge in [0.2, 0.25) is 0 Å². The van der Waals surface area contributed by atoms with E-state index in [1.165, 1.54) is 0 Å². The van der Waals surface area contributed by atoms with Crippen molar-refractivity contribution < 1.29 is 8.91 Å². The van der Waals surface area contributed by atoms with Gasteiger partial charge in [0.05, 0.1) is 11.7 Å². The minimum absolute atomic E-state index is 0. The first kappa shape index (κ1) is 22.4. The number of halogens is 2. The van der Waals surface area contributed by atoms with E-state index in [-0.39, 0.29) is 41.8 Å². The number of aromatic nitrogens is 1. The van der Waals surface area contributed by atoms with Crippen LogP contribution >= 0.6 is 24.0 Å². The number of benzene rings is 1. The number of nitrogens with zero attached hydrogens (tertiary/aromatic N) is 2. The van der Waals surface area contributed by atoms with Crippen molar-refractivity contribution in [3.63, 3.8) is 0 Å². The molecule has 2 N–H and O–H groups in total. The molecule has 0 radical (unpaired) electrons. The van der Waals surface area contributed by atoms with Crippen LogP contribution in [-0.2, 0) is 0 Å². The van der Waals surface area contributed by atoms with Crippen molar-refractivity contribution in [3.05, 3.63) is 52.2 Å². The van der Waals surface area contributed by atoms with Crippen LogP contribution < -0.4 is 10.6 Å². The van der Waals surface area contributed by atoms with E-state index in [9.17, 15) is 4.39 Å². The third-order valence-corrected chi connectivity index (χ3v) is 4.43. The van der Waals surface area contributed by atoms with Gasteiger partial charge in [0.25, 0.3) is 0 Å². The first-order valence-electron chi connectivity index (χ1n) is 8.49. The van der Waals surface area contributed by atoms with Gasteiger partial charge in [0.1, 0.15) is 11.6 Å². The van der Waals surface area contributed by atoms with Crippen molar-refractivity contribution >= 4 is 29.9 Å². The van der Waals surface area contributed by atoms with E-state index in [1.807, 2.05) is 26.8 Å². The molecular weight excluding hydrogens is 446 g/mol. The van der Waals surface area contributed by atoms with Crippen LogP contribution in [0.5, 0.6) is 0 Å². The lowest BCUT2D eigenvalue weighted by atomic mass is 10.00. The second-order valence-electron chi connectivity index (χ2n) is 6.47. The van der Waals surface area contributed by atoms with Gasteiger partial charge in [-0.3, -0.25) is 4.99 Å². The van der Waals surface area contributed by atoms with Crippen LogP contribution in [0.4, 0.5) is 4.39 Å². The Morgan fingerprint density at radius 1 is 1.27 bits per heavy atom. The molecule has 7 heteroatoms. The van der Waals surface area contributed by atoms with E-state index in [2.05, 4.69) is 27.7 Å². The van der Waals surface area contributed by atoms with Crippen LogP contribution in [0.3, 0.4) is 0 Å². The molecule has 1 heterocycles. The van der Waals surface area contributed by atoms with Crippen molar-refractivity contribution in [1.82, 2.24) is 15.8 Å². The maximum atomic E-state index is 13.8. The Bertz CT molecular complexity index is 740. The molecule has 5 nitrogen and oxygen atoms in total. The molecule has 144 valence electrons. The molecule has 2 rings (SSSR count). The second kappa shape index (κ2) is 9.89. The van der Waals surface area contributed by atoms with E-state index in [4.69, 9.17) is 4.52 Å². The smallest absolute Gasteiger partial charge is 0.191 e. The molecule has 0 saturated heterocycles. The highest BCUT2D eigenvalue weighted by Crippen LogP contribution is 2.22. The lowest BCUT2D eigenvalue weighted by Crippen LogP contribution is -2.40. The number of aliphatic imine (C=N–C) groups is 1. The topological polar surface area (TPSA) is 62.5 Å². The summed E-state index contributed by atoms with van der Waals surface area (Å²) in [6.07, 6.45) is 0. The molecule has 0 aliphatic rings. The Hall–Kier alpha value is -1.64. The fourth-order valence-corrected chi connectivity index (χ4v) is 2.91. The molecule has 0 aliphatic carbocycles. The van der Waals surface area contributed by atoms with E-state index >= 15 is 0 Å². The third kappa shape index (κ3) is 5.43. The molecule has 1 aromatic carbocycles. The average molecular weight is 474 g/mol. The standard InChI is InChI=1S/C19H27FN4O.HI/c1-11-7-8-16(9-17(11)20)13(3)23-19(21-6)22-10-12(2)18-14(4)24-25-15(18)5;/h7-9,12-13H,10H2,1-6H3,(H2,21,22,23);1H. The first-order valence-corrected chi connectivity index (χ1v) is 8.49. The third-order valence-electron chi connectivity index (χ3n) is 4.43. The Kier molecular flexibility index (Phi) is 8.52. The van der Waals surface area contributed by atoms with Gasteiger partial charge >= 0.3 is 0 Å². The van der Waals surface area contributed by atoms with Gasteiger partial charge in [-0.05, 0) is 44.9 Å². The summed E-state index contributed by atoms with van der Waals surface area (Å²) in [6.45, 7) is 10.4. The zero-order valence-electron chi connectivity index (χ0n) is 16.2. The lowest BCUT2D eigenvalue weighted by Gasteiger charge is -2.20. The van der Waals surface area contributed by atoms with Gasteiger partial charge < -0.3 is 15.2 Å². The average Bonchev–Trinajstić information content (AvgIpc) is 2.92. The van der Waals surface area contributed by atoms with Gasteiger partial charge in [-0.2, -0.15) is 0 Å². The molecule has 0 bridgehead atoms. The van der Waals surface area contributed by atoms with E-state index in [1.54, 1.807) is 26.1 Å². The van der Waals surface area contributed by atoms with E-state index < -0.39 is 0 Å². The number of guanidine groups is 1. The maximum absolute atomic E-state index is 13.8. The molecule has 2 unspecified atom stereocenters. The van der Waals surface area contributed by atoms with E-state index in [0.717, 1.165) is 22.6 Å². The molecule has 2 aromatic rings. The minimum atomic E-state index is -0.193. The summed E-state index contributed by atoms with van der Waals surface area (Å²) < 4.78 is 19.0. The van der Waals surface area contributed by atoms with Crippen molar-refractivity contribution in [2.24, 2.45) is 4.99 Å². The van der Waals surface area contributed by atoms with Crippen molar-refractivity contribution in [2.75, 3.05) is 13.6 Å². The van der Waals surface area contributed by atoms with Crippen LogP contribution in [0.2, 0.25) is 0 Å². The summed E-state index contributed by atoms with van der Waals surface area (Å²) in [5, 5.41) is 10.6. The van der Waals surface area contributed by atoms with Crippen molar-refractivity contribution in [1.29, 1.82) is 0 Å². The molecular formula is C19H28FIN4O. The summed E-state index contributed by atoms with van der Waals surface area (Å²) in [4.78, 5) is 4.25. The zero-order valence-corrected chi connectivity index (χ0v) is 18.5. The number of aryl methyl sites for hydroxylation is 3. The van der Waals surface area contributed by atoms with Crippen LogP contribution in [-0.4, -0.2) is 24.7 Å². The first-order chi connectivity index (χ1) is 11.8. The van der Waals surface area contributed by atoms with Gasteiger partial charge in [-0.1, -0.05) is 24.2 Å². The number of hydrogen-bond acceptors (Lipinski definition) is 3. The highest BCUT2D eigenvalue weighted by Gasteiger charge is 2.17. The predicted octanol–water partition coefficient (Wildman–Crippen LogP) is 4.39. The highest BCUT2D eigenvalue weighted by molar-refractivity contribution is 14.0. The van der Waals surface area contributed by atoms with Gasteiger partial charge in [0.15, 0.2) is 5.96 Å². The zero-order chi connectivity index (χ0) is 18.6. The predicted molar refractivity (Wildman–Crippen MR) is 114 cm³/mol. The highest BCUT2D eigenvalue weighted by atomic mass is 127. The maximum Gasteiger partial charge on any atom is 0.191 e. The Morgan fingerprint density at radius 2 is 1.96 bits per heavy atom. The van der Waals surface area contributed by atoms with Crippen LogP contribution in [0.15, 0.2) is 27.7 Å². The molecule has 26 heavy (non-hydrogen) atoms. The molecule has 0 amide bonds. The van der Waals surface area contributed by atoms with Crippen LogP contribution in [0, 0.1) is 26.6 Å². The summed E-state index contributed by atoms with van der Waals surface area (Å²) in [6, 6.07) is 5.22. The summed E-state index contributed by atoms with van der Waals surface area (Å²) in [7, 11) is 1.72. The normalized spacial score (nSPS) is 13.7. The Labute approximate surface area is 171 Å². The summed E-state index contributed by atoms with van der Waals surface area (Å²) >= 11 is 0. The Morgan fingerprint density at radius 3 is 2.50 bits per heavy atom. The van der Waals surface area contributed by atoms with Gasteiger partial charge in [-0.15, -0.1) is 24.0 Å². The number of nitrogens with one attached hydrogen (secondary N) is 2. The SMILES string of the molecule is CN=C(NCC(C)c1c(C)noc1C)NC(C)c1ccc(C)c(F)c1.I. The largest absolute Gasteiger partial charge is 0.361 e. The fraction of sp³-hybridized carbons (Fsp3) is 0.474. The van der Waals surface area contributed by atoms with Gasteiger partial charge in [-0.25, -0.2) is 4.39 Å². The molecule has 2 atom stereocenters. The van der Waals surface area contributed by atoms with Crippen LogP contribution in [0.25, 0.3) is 0 Å². The van der Waals surface area contributed by atoms with Crippen LogP contribution in [0.1, 0.15) is 54.0 Å². The molecule has 0 fully saturated rings. The Balaban J connectivity index is 0.00000338.